The van der Waals surface area contributed by atoms with E-state index in [2.05, 4.69) is 10.6 Å². The van der Waals surface area contributed by atoms with Crippen LogP contribution in [0.4, 0.5) is 10.1 Å². The first-order chi connectivity index (χ1) is 8.02. The minimum atomic E-state index is -0.346. The van der Waals surface area contributed by atoms with E-state index in [1.165, 1.54) is 12.1 Å². The lowest BCUT2D eigenvalue weighted by Crippen LogP contribution is -2.34. The van der Waals surface area contributed by atoms with Crippen LogP contribution in [0.1, 0.15) is 25.8 Å². The maximum Gasteiger partial charge on any atom is 0.238 e. The Morgan fingerprint density at radius 2 is 2.18 bits per heavy atom. The van der Waals surface area contributed by atoms with Crippen LogP contribution in [0.2, 0.25) is 0 Å². The van der Waals surface area contributed by atoms with Gasteiger partial charge in [0.25, 0.3) is 0 Å². The molecular formula is C13H19FN2O. The fourth-order valence-electron chi connectivity index (χ4n) is 1.33. The Hall–Kier alpha value is -1.42. The third kappa shape index (κ3) is 4.53. The highest BCUT2D eigenvalue weighted by Gasteiger charge is 2.06. The van der Waals surface area contributed by atoms with Crippen molar-refractivity contribution in [3.63, 3.8) is 0 Å². The van der Waals surface area contributed by atoms with Gasteiger partial charge in [0.05, 0.1) is 6.54 Å². The standard InChI is InChI=1S/C13H19FN2O/c1-4-10(3)15-8-13(17)16-12-7-11(14)6-5-9(12)2/h5-7,10,15H,4,8H2,1-3H3,(H,16,17). The summed E-state index contributed by atoms with van der Waals surface area (Å²) in [6, 6.07) is 4.65. The average molecular weight is 238 g/mol. The van der Waals surface area contributed by atoms with Gasteiger partial charge in [-0.05, 0) is 38.0 Å². The van der Waals surface area contributed by atoms with E-state index in [-0.39, 0.29) is 18.3 Å². The van der Waals surface area contributed by atoms with Crippen LogP contribution in [0.5, 0.6) is 0 Å². The molecule has 0 aliphatic heterocycles. The molecule has 1 rings (SSSR count). The number of carbonyl (C=O) groups is 1. The highest BCUT2D eigenvalue weighted by molar-refractivity contribution is 5.92. The SMILES string of the molecule is CCC(C)NCC(=O)Nc1cc(F)ccc1C. The Kier molecular flexibility index (Phi) is 5.10. The average Bonchev–Trinajstić information content (AvgIpc) is 2.30. The van der Waals surface area contributed by atoms with Crippen molar-refractivity contribution >= 4 is 11.6 Å². The molecule has 0 aliphatic carbocycles. The fraction of sp³-hybridized carbons (Fsp3) is 0.462. The van der Waals surface area contributed by atoms with Crippen LogP contribution in [0.25, 0.3) is 0 Å². The Labute approximate surface area is 101 Å². The van der Waals surface area contributed by atoms with E-state index in [0.29, 0.717) is 11.7 Å². The summed E-state index contributed by atoms with van der Waals surface area (Å²) in [6.07, 6.45) is 0.965. The second-order valence-corrected chi connectivity index (χ2v) is 4.20. The van der Waals surface area contributed by atoms with E-state index in [1.807, 2.05) is 20.8 Å². The number of anilines is 1. The molecule has 1 amide bonds. The minimum Gasteiger partial charge on any atom is -0.325 e. The molecule has 0 spiro atoms. The van der Waals surface area contributed by atoms with Crippen molar-refractivity contribution < 1.29 is 9.18 Å². The largest absolute Gasteiger partial charge is 0.325 e. The van der Waals surface area contributed by atoms with Crippen LogP contribution < -0.4 is 10.6 Å². The Morgan fingerprint density at radius 3 is 2.82 bits per heavy atom. The highest BCUT2D eigenvalue weighted by Crippen LogP contribution is 2.15. The summed E-state index contributed by atoms with van der Waals surface area (Å²) in [4.78, 5) is 11.6. The number of carbonyl (C=O) groups excluding carboxylic acids is 1. The fourth-order valence-corrected chi connectivity index (χ4v) is 1.33. The molecular weight excluding hydrogens is 219 g/mol. The van der Waals surface area contributed by atoms with Gasteiger partial charge < -0.3 is 10.6 Å². The van der Waals surface area contributed by atoms with Crippen LogP contribution in [0.3, 0.4) is 0 Å². The maximum atomic E-state index is 13.0. The van der Waals surface area contributed by atoms with E-state index in [4.69, 9.17) is 0 Å². The molecule has 0 fully saturated rings. The molecule has 4 heteroatoms. The predicted molar refractivity (Wildman–Crippen MR) is 67.5 cm³/mol. The first-order valence-corrected chi connectivity index (χ1v) is 5.82. The van der Waals surface area contributed by atoms with Gasteiger partial charge in [-0.25, -0.2) is 4.39 Å². The summed E-state index contributed by atoms with van der Waals surface area (Å²) in [5, 5.41) is 5.77. The van der Waals surface area contributed by atoms with E-state index in [9.17, 15) is 9.18 Å². The molecule has 1 atom stereocenters. The van der Waals surface area contributed by atoms with Crippen molar-refractivity contribution in [3.05, 3.63) is 29.6 Å². The molecule has 0 saturated heterocycles. The van der Waals surface area contributed by atoms with E-state index < -0.39 is 0 Å². The van der Waals surface area contributed by atoms with Crippen LogP contribution in [-0.2, 0) is 4.79 Å². The molecule has 3 nitrogen and oxygen atoms in total. The zero-order valence-corrected chi connectivity index (χ0v) is 10.5. The van der Waals surface area contributed by atoms with Crippen LogP contribution in [0, 0.1) is 12.7 Å². The lowest BCUT2D eigenvalue weighted by molar-refractivity contribution is -0.115. The highest BCUT2D eigenvalue weighted by atomic mass is 19.1. The Morgan fingerprint density at radius 1 is 1.47 bits per heavy atom. The van der Waals surface area contributed by atoms with Gasteiger partial charge in [0, 0.05) is 11.7 Å². The van der Waals surface area contributed by atoms with Crippen molar-refractivity contribution in [2.45, 2.75) is 33.2 Å². The second kappa shape index (κ2) is 6.35. The first-order valence-electron chi connectivity index (χ1n) is 5.82. The van der Waals surface area contributed by atoms with Gasteiger partial charge in [0.2, 0.25) is 5.91 Å². The number of nitrogens with one attached hydrogen (secondary N) is 2. The minimum absolute atomic E-state index is 0.154. The smallest absolute Gasteiger partial charge is 0.238 e. The molecule has 0 heterocycles. The third-order valence-corrected chi connectivity index (χ3v) is 2.70. The predicted octanol–water partition coefficient (Wildman–Crippen LogP) is 2.46. The molecule has 0 radical (unpaired) electrons. The molecule has 0 bridgehead atoms. The Bertz CT molecular complexity index is 393. The van der Waals surface area contributed by atoms with Crippen molar-refractivity contribution in [3.8, 4) is 0 Å². The van der Waals surface area contributed by atoms with Crippen LogP contribution in [-0.4, -0.2) is 18.5 Å². The van der Waals surface area contributed by atoms with Crippen LogP contribution >= 0.6 is 0 Å². The van der Waals surface area contributed by atoms with Gasteiger partial charge in [-0.2, -0.15) is 0 Å². The number of halogens is 1. The zero-order chi connectivity index (χ0) is 12.8. The molecule has 17 heavy (non-hydrogen) atoms. The normalized spacial score (nSPS) is 12.2. The molecule has 0 aliphatic rings. The quantitative estimate of drug-likeness (QED) is 0.827. The summed E-state index contributed by atoms with van der Waals surface area (Å²) in [5.74, 6) is -0.500. The first kappa shape index (κ1) is 13.6. The zero-order valence-electron chi connectivity index (χ0n) is 10.5. The number of hydrogen-bond donors (Lipinski definition) is 2. The van der Waals surface area contributed by atoms with Gasteiger partial charge in [0.15, 0.2) is 0 Å². The van der Waals surface area contributed by atoms with Gasteiger partial charge in [-0.3, -0.25) is 4.79 Å². The maximum absolute atomic E-state index is 13.0. The molecule has 94 valence electrons. The molecule has 0 aromatic heterocycles. The summed E-state index contributed by atoms with van der Waals surface area (Å²) in [7, 11) is 0. The molecule has 0 saturated carbocycles. The van der Waals surface area contributed by atoms with E-state index >= 15 is 0 Å². The number of aryl methyl sites for hydroxylation is 1. The Balaban J connectivity index is 2.53. The van der Waals surface area contributed by atoms with Gasteiger partial charge in [0.1, 0.15) is 5.82 Å². The van der Waals surface area contributed by atoms with Gasteiger partial charge in [-0.1, -0.05) is 13.0 Å². The number of amides is 1. The lowest BCUT2D eigenvalue weighted by Gasteiger charge is -2.12. The van der Waals surface area contributed by atoms with Crippen molar-refractivity contribution in [1.82, 2.24) is 5.32 Å². The molecule has 1 aromatic carbocycles. The number of rotatable bonds is 5. The van der Waals surface area contributed by atoms with Crippen LogP contribution in [0.15, 0.2) is 18.2 Å². The monoisotopic (exact) mass is 238 g/mol. The summed E-state index contributed by atoms with van der Waals surface area (Å²) < 4.78 is 13.0. The second-order valence-electron chi connectivity index (χ2n) is 4.20. The summed E-state index contributed by atoms with van der Waals surface area (Å²) >= 11 is 0. The number of hydrogen-bond acceptors (Lipinski definition) is 2. The topological polar surface area (TPSA) is 41.1 Å². The van der Waals surface area contributed by atoms with Crippen molar-refractivity contribution in [2.75, 3.05) is 11.9 Å². The molecule has 1 unspecified atom stereocenters. The molecule has 1 aromatic rings. The van der Waals surface area contributed by atoms with Gasteiger partial charge >= 0.3 is 0 Å². The lowest BCUT2D eigenvalue weighted by atomic mass is 10.2. The third-order valence-electron chi connectivity index (χ3n) is 2.70. The van der Waals surface area contributed by atoms with Gasteiger partial charge in [-0.15, -0.1) is 0 Å². The number of benzene rings is 1. The van der Waals surface area contributed by atoms with E-state index in [0.717, 1.165) is 12.0 Å². The molecule has 2 N–H and O–H groups in total. The van der Waals surface area contributed by atoms with Crippen molar-refractivity contribution in [2.24, 2.45) is 0 Å². The summed E-state index contributed by atoms with van der Waals surface area (Å²) in [6.45, 7) is 6.13. The van der Waals surface area contributed by atoms with Crippen molar-refractivity contribution in [1.29, 1.82) is 0 Å². The van der Waals surface area contributed by atoms with E-state index in [1.54, 1.807) is 6.07 Å². The summed E-state index contributed by atoms with van der Waals surface area (Å²) in [5.41, 5.74) is 1.38.